The van der Waals surface area contributed by atoms with Crippen LogP contribution in [-0.4, -0.2) is 20.7 Å². The van der Waals surface area contributed by atoms with Crippen molar-refractivity contribution in [3.8, 4) is 0 Å². The minimum absolute atomic E-state index is 0. The van der Waals surface area contributed by atoms with Gasteiger partial charge in [-0.25, -0.2) is 22.5 Å². The van der Waals surface area contributed by atoms with E-state index in [0.717, 1.165) is 12.1 Å². The molecule has 2 atom stereocenters. The van der Waals surface area contributed by atoms with E-state index in [1.54, 1.807) is 7.05 Å². The third-order valence-electron chi connectivity index (χ3n) is 4.14. The highest BCUT2D eigenvalue weighted by Crippen LogP contribution is 2.28. The molecule has 26 heavy (non-hydrogen) atoms. The zero-order valence-electron chi connectivity index (χ0n) is 14.2. The first-order chi connectivity index (χ1) is 11.7. The van der Waals surface area contributed by atoms with Crippen molar-refractivity contribution >= 4 is 35.0 Å². The average molecular weight is 402 g/mol. The van der Waals surface area contributed by atoms with Crippen LogP contribution in [0.3, 0.4) is 0 Å². The van der Waals surface area contributed by atoms with Crippen molar-refractivity contribution < 1.29 is 17.8 Å². The Morgan fingerprint density at radius 1 is 1.38 bits per heavy atom. The van der Waals surface area contributed by atoms with Crippen LogP contribution < -0.4 is 10.0 Å². The number of carbonyl (C=O) groups excluding carboxylic acids is 1. The Hall–Kier alpha value is -1.91. The van der Waals surface area contributed by atoms with Crippen LogP contribution in [0.15, 0.2) is 29.3 Å². The summed E-state index contributed by atoms with van der Waals surface area (Å²) in [5, 5.41) is 2.52. The first-order valence-corrected chi connectivity index (χ1v) is 9.25. The standard InChI is InChI=1S/C16H18F2N4O2S.H2S/c1-9-3-5-11-14(25(19,24)21-9)8-22(2)15(11)16(23)20-10-4-6-12(17)13(18)7-10;/h4,6-9H,3,5H2,1-2H3,(H,20,23)(H2,19,21,24);1H2/t9-,25?;/m0./s1. The lowest BCUT2D eigenvalue weighted by Gasteiger charge is -2.11. The molecule has 10 heteroatoms. The van der Waals surface area contributed by atoms with Crippen molar-refractivity contribution in [2.24, 2.45) is 7.05 Å². The number of hydrogen-bond donors (Lipinski definition) is 3. The molecule has 1 aliphatic rings. The van der Waals surface area contributed by atoms with Crippen LogP contribution in [-0.2, 0) is 23.4 Å². The summed E-state index contributed by atoms with van der Waals surface area (Å²) in [5.74, 6) is -2.59. The first kappa shape index (κ1) is 20.4. The molecular formula is C16H20F2N4O2S2. The van der Waals surface area contributed by atoms with Gasteiger partial charge in [0, 0.05) is 36.6 Å². The molecule has 0 saturated heterocycles. The van der Waals surface area contributed by atoms with Gasteiger partial charge in [-0.2, -0.15) is 13.5 Å². The summed E-state index contributed by atoms with van der Waals surface area (Å²) in [6.45, 7) is 1.83. The number of hydrogen-bond acceptors (Lipinski definition) is 3. The van der Waals surface area contributed by atoms with Gasteiger partial charge in [0.05, 0.1) is 4.90 Å². The molecule has 6 nitrogen and oxygen atoms in total. The fraction of sp³-hybridized carbons (Fsp3) is 0.312. The van der Waals surface area contributed by atoms with Gasteiger partial charge < -0.3 is 9.88 Å². The summed E-state index contributed by atoms with van der Waals surface area (Å²) in [5.41, 5.74) is 0.917. The Morgan fingerprint density at radius 3 is 2.73 bits per heavy atom. The fourth-order valence-electron chi connectivity index (χ4n) is 2.97. The molecule has 1 unspecified atom stereocenters. The largest absolute Gasteiger partial charge is 0.345 e. The predicted molar refractivity (Wildman–Crippen MR) is 100 cm³/mol. The van der Waals surface area contributed by atoms with E-state index < -0.39 is 27.5 Å². The summed E-state index contributed by atoms with van der Waals surface area (Å²) in [6, 6.07) is 2.96. The van der Waals surface area contributed by atoms with E-state index >= 15 is 0 Å². The van der Waals surface area contributed by atoms with Gasteiger partial charge in [0.2, 0.25) is 0 Å². The monoisotopic (exact) mass is 402 g/mol. The van der Waals surface area contributed by atoms with E-state index in [9.17, 15) is 17.8 Å². The molecule has 0 fully saturated rings. The number of fused-ring (bicyclic) bond motifs is 1. The van der Waals surface area contributed by atoms with Crippen LogP contribution in [0.4, 0.5) is 14.5 Å². The number of amides is 1. The zero-order valence-corrected chi connectivity index (χ0v) is 16.0. The number of aryl methyl sites for hydroxylation is 1. The highest BCUT2D eigenvalue weighted by atomic mass is 32.2. The van der Waals surface area contributed by atoms with Crippen LogP contribution in [0.2, 0.25) is 0 Å². The Morgan fingerprint density at radius 2 is 2.08 bits per heavy atom. The maximum absolute atomic E-state index is 13.3. The van der Waals surface area contributed by atoms with Crippen LogP contribution in [0.1, 0.15) is 29.4 Å². The molecule has 3 N–H and O–H groups in total. The maximum Gasteiger partial charge on any atom is 0.272 e. The van der Waals surface area contributed by atoms with Crippen molar-refractivity contribution in [1.29, 1.82) is 4.78 Å². The second-order valence-electron chi connectivity index (χ2n) is 6.13. The van der Waals surface area contributed by atoms with Gasteiger partial charge in [-0.1, -0.05) is 0 Å². The molecule has 1 aromatic carbocycles. The fourth-order valence-corrected chi connectivity index (χ4v) is 4.63. The van der Waals surface area contributed by atoms with E-state index in [1.165, 1.54) is 16.8 Å². The molecule has 2 aromatic rings. The molecule has 0 bridgehead atoms. The van der Waals surface area contributed by atoms with Crippen molar-refractivity contribution in [2.45, 2.75) is 30.7 Å². The van der Waals surface area contributed by atoms with Crippen LogP contribution in [0, 0.1) is 16.4 Å². The molecular weight excluding hydrogens is 382 g/mol. The number of carbonyl (C=O) groups is 1. The molecule has 2 heterocycles. The number of anilines is 1. The molecule has 1 aliphatic heterocycles. The van der Waals surface area contributed by atoms with Crippen molar-refractivity contribution in [2.75, 3.05) is 5.32 Å². The lowest BCUT2D eigenvalue weighted by Crippen LogP contribution is -2.29. The molecule has 0 aliphatic carbocycles. The van der Waals surface area contributed by atoms with Gasteiger partial charge in [-0.3, -0.25) is 4.79 Å². The minimum atomic E-state index is -3.21. The van der Waals surface area contributed by atoms with Crippen LogP contribution >= 0.6 is 13.5 Å². The second-order valence-corrected chi connectivity index (χ2v) is 7.92. The maximum atomic E-state index is 13.3. The van der Waals surface area contributed by atoms with E-state index in [2.05, 4.69) is 10.0 Å². The lowest BCUT2D eigenvalue weighted by molar-refractivity contribution is 0.101. The molecule has 3 rings (SSSR count). The highest BCUT2D eigenvalue weighted by Gasteiger charge is 2.29. The van der Waals surface area contributed by atoms with Gasteiger partial charge in [0.1, 0.15) is 15.6 Å². The third-order valence-corrected chi connectivity index (χ3v) is 5.85. The molecule has 142 valence electrons. The predicted octanol–water partition coefficient (Wildman–Crippen LogP) is 2.91. The lowest BCUT2D eigenvalue weighted by atomic mass is 10.1. The topological polar surface area (TPSA) is 87.0 Å². The molecule has 0 radical (unpaired) electrons. The number of nitrogens with one attached hydrogen (secondary N) is 3. The number of rotatable bonds is 2. The first-order valence-electron chi connectivity index (χ1n) is 7.69. The summed E-state index contributed by atoms with van der Waals surface area (Å²) in [4.78, 5) is 12.9. The molecule has 0 saturated carbocycles. The zero-order chi connectivity index (χ0) is 18.4. The Labute approximate surface area is 157 Å². The SMILES string of the molecule is C[C@H]1CCc2c(cn(C)c2C(=O)Nc2ccc(F)c(F)c2)S(=N)(=O)N1.S. The molecule has 1 amide bonds. The number of benzene rings is 1. The smallest absolute Gasteiger partial charge is 0.272 e. The molecule has 0 spiro atoms. The number of aromatic nitrogens is 1. The van der Waals surface area contributed by atoms with Gasteiger partial charge in [-0.15, -0.1) is 0 Å². The highest BCUT2D eigenvalue weighted by molar-refractivity contribution is 7.90. The van der Waals surface area contributed by atoms with Crippen molar-refractivity contribution in [3.05, 3.63) is 47.3 Å². The van der Waals surface area contributed by atoms with E-state index in [1.807, 2.05) is 6.92 Å². The summed E-state index contributed by atoms with van der Waals surface area (Å²) < 4.78 is 51.3. The average Bonchev–Trinajstić information content (AvgIpc) is 2.81. The Balaban J connectivity index is 0.00000243. The summed E-state index contributed by atoms with van der Waals surface area (Å²) in [6.07, 6.45) is 2.62. The van der Waals surface area contributed by atoms with Crippen molar-refractivity contribution in [1.82, 2.24) is 9.29 Å². The van der Waals surface area contributed by atoms with Crippen LogP contribution in [0.25, 0.3) is 0 Å². The number of nitrogens with zero attached hydrogens (tertiary/aromatic N) is 1. The summed E-state index contributed by atoms with van der Waals surface area (Å²) in [7, 11) is -1.59. The van der Waals surface area contributed by atoms with E-state index in [-0.39, 0.29) is 35.8 Å². The number of halogens is 2. The van der Waals surface area contributed by atoms with Crippen LogP contribution in [0.5, 0.6) is 0 Å². The van der Waals surface area contributed by atoms with E-state index in [4.69, 9.17) is 4.78 Å². The van der Waals surface area contributed by atoms with Gasteiger partial charge in [0.15, 0.2) is 11.6 Å². The second kappa shape index (κ2) is 7.37. The normalized spacial score (nSPS) is 22.1. The summed E-state index contributed by atoms with van der Waals surface area (Å²) >= 11 is 0. The quantitative estimate of drug-likeness (QED) is 0.721. The Bertz CT molecular complexity index is 957. The molecule has 1 aromatic heterocycles. The van der Waals surface area contributed by atoms with Gasteiger partial charge in [0.25, 0.3) is 5.91 Å². The minimum Gasteiger partial charge on any atom is -0.345 e. The third kappa shape index (κ3) is 3.76. The van der Waals surface area contributed by atoms with E-state index in [0.29, 0.717) is 18.4 Å². The Kier molecular flexibility index (Phi) is 5.79. The van der Waals surface area contributed by atoms with Crippen molar-refractivity contribution in [3.63, 3.8) is 0 Å². The van der Waals surface area contributed by atoms with Gasteiger partial charge >= 0.3 is 0 Å². The van der Waals surface area contributed by atoms with Gasteiger partial charge in [-0.05, 0) is 31.9 Å².